The van der Waals surface area contributed by atoms with Crippen molar-refractivity contribution in [1.82, 2.24) is 9.89 Å². The zero-order valence-corrected chi connectivity index (χ0v) is 28.1. The van der Waals surface area contributed by atoms with Crippen LogP contribution in [0.2, 0.25) is 0 Å². The van der Waals surface area contributed by atoms with Crippen molar-refractivity contribution >= 4 is 23.1 Å². The molecule has 4 N–H and O–H groups in total. The lowest BCUT2D eigenvalue weighted by molar-refractivity contribution is 0.0511. The Kier molecular flexibility index (Phi) is 8.86. The van der Waals surface area contributed by atoms with Gasteiger partial charge in [0.25, 0.3) is 5.91 Å². The fourth-order valence-electron chi connectivity index (χ4n) is 8.63. The van der Waals surface area contributed by atoms with Crippen molar-refractivity contribution in [2.75, 3.05) is 70.6 Å². The summed E-state index contributed by atoms with van der Waals surface area (Å²) in [5.41, 5.74) is 14.7. The molecule has 1 amide bonds. The molecule has 5 aliphatic rings. The summed E-state index contributed by atoms with van der Waals surface area (Å²) < 4.78 is 20.6. The molecule has 0 atom stereocenters. The molecule has 0 unspecified atom stereocenters. The second kappa shape index (κ2) is 13.6. The minimum atomic E-state index is -1.02. The van der Waals surface area contributed by atoms with Crippen LogP contribution in [0.4, 0.5) is 5.69 Å². The Morgan fingerprint density at radius 1 is 0.857 bits per heavy atom. The highest BCUT2D eigenvalue weighted by Gasteiger charge is 2.36. The van der Waals surface area contributed by atoms with E-state index in [-0.39, 0.29) is 11.5 Å². The molecule has 3 aromatic carbocycles. The van der Waals surface area contributed by atoms with E-state index in [1.54, 1.807) is 18.2 Å². The Hall–Kier alpha value is -4.25. The maximum Gasteiger partial charge on any atom is 0.336 e. The van der Waals surface area contributed by atoms with Crippen LogP contribution in [0.3, 0.4) is 0 Å². The predicted molar refractivity (Wildman–Crippen MR) is 187 cm³/mol. The average molecular weight is 666 g/mol. The molecule has 8 rings (SSSR count). The van der Waals surface area contributed by atoms with Crippen molar-refractivity contribution < 1.29 is 28.9 Å². The summed E-state index contributed by atoms with van der Waals surface area (Å²) >= 11 is 0. The van der Waals surface area contributed by atoms with Gasteiger partial charge in [-0.3, -0.25) is 4.79 Å². The van der Waals surface area contributed by atoms with E-state index in [4.69, 9.17) is 19.9 Å². The first kappa shape index (κ1) is 32.0. The summed E-state index contributed by atoms with van der Waals surface area (Å²) in [7, 11) is 0. The van der Waals surface area contributed by atoms with Crippen LogP contribution in [0.5, 0.6) is 11.5 Å². The van der Waals surface area contributed by atoms with Crippen molar-refractivity contribution in [3.05, 3.63) is 85.4 Å². The molecule has 0 fully saturated rings. The van der Waals surface area contributed by atoms with Crippen LogP contribution in [-0.2, 0) is 35.2 Å². The maximum atomic E-state index is 13.5. The van der Waals surface area contributed by atoms with Crippen molar-refractivity contribution in [3.8, 4) is 11.5 Å². The first-order valence-corrected chi connectivity index (χ1v) is 18.0. The van der Waals surface area contributed by atoms with Crippen molar-refractivity contribution in [2.24, 2.45) is 5.73 Å². The van der Waals surface area contributed by atoms with Crippen molar-refractivity contribution in [3.63, 3.8) is 0 Å². The first-order chi connectivity index (χ1) is 24.0. The molecule has 49 heavy (non-hydrogen) atoms. The lowest BCUT2D eigenvalue weighted by Crippen LogP contribution is -2.45. The molecular formula is C39H45N4O6+. The number of benzene rings is 3. The number of nitrogens with zero attached hydrogens (tertiary/aromatic N) is 2. The van der Waals surface area contributed by atoms with Gasteiger partial charge in [0.15, 0.2) is 0 Å². The van der Waals surface area contributed by atoms with E-state index >= 15 is 0 Å². The van der Waals surface area contributed by atoms with Gasteiger partial charge < -0.3 is 35.3 Å². The summed E-state index contributed by atoms with van der Waals surface area (Å²) in [5.74, 6) is 0.415. The minimum absolute atomic E-state index is 0.173. The molecule has 0 radical (unpaired) electrons. The topological polar surface area (TPSA) is 126 Å². The summed E-state index contributed by atoms with van der Waals surface area (Å²) in [6.07, 6.45) is 8.09. The number of carboxylic acids is 1. The summed E-state index contributed by atoms with van der Waals surface area (Å²) in [5, 5.41) is 15.8. The molecule has 0 saturated carbocycles. The van der Waals surface area contributed by atoms with Crippen molar-refractivity contribution in [2.45, 2.75) is 51.4 Å². The van der Waals surface area contributed by atoms with Gasteiger partial charge in [0.05, 0.1) is 37.6 Å². The number of amides is 1. The van der Waals surface area contributed by atoms with Crippen LogP contribution in [0.1, 0.15) is 79.8 Å². The zero-order chi connectivity index (χ0) is 33.5. The maximum absolute atomic E-state index is 13.5. The quantitative estimate of drug-likeness (QED) is 0.165. The summed E-state index contributed by atoms with van der Waals surface area (Å²) in [4.78, 5) is 28.9. The molecule has 256 valence electrons. The van der Waals surface area contributed by atoms with Crippen LogP contribution >= 0.6 is 0 Å². The third-order valence-corrected chi connectivity index (χ3v) is 10.6. The number of carbonyl (C=O) groups is 2. The lowest BCUT2D eigenvalue weighted by atomic mass is 9.81. The fraction of sp³-hybridized carbons (Fsp3) is 0.462. The molecule has 5 aliphatic heterocycles. The van der Waals surface area contributed by atoms with Crippen LogP contribution in [0, 0.1) is 0 Å². The summed E-state index contributed by atoms with van der Waals surface area (Å²) in [6.45, 7) is 6.66. The molecule has 0 aliphatic carbocycles. The third-order valence-electron chi connectivity index (χ3n) is 10.6. The monoisotopic (exact) mass is 665 g/mol. The number of aromatic carboxylic acids is 1. The van der Waals surface area contributed by atoms with Gasteiger partial charge in [-0.05, 0) is 80.0 Å². The fourth-order valence-corrected chi connectivity index (χ4v) is 8.63. The van der Waals surface area contributed by atoms with Crippen molar-refractivity contribution in [1.29, 1.82) is 0 Å². The Morgan fingerprint density at radius 3 is 2.43 bits per heavy atom. The lowest BCUT2D eigenvalue weighted by Gasteiger charge is -2.39. The molecule has 0 bridgehead atoms. The Bertz CT molecular complexity index is 1960. The standard InChI is InChI=1S/C39H44N4O6/c40-11-17-47-19-20-48-18-12-41-38(44)26-9-10-27(39(45)46)30(23-26)33-31-21-24-5-1-13-42-15-3-7-28(34(24)42)36(31)49-37-29-8-4-16-43-14-2-6-25(35(29)43)22-32(33)37/h9-10,21-23H,1-8,11-20,40H2,(H-,41,44,45,46)/p+1. The van der Waals surface area contributed by atoms with Crippen LogP contribution in [0.25, 0.3) is 5.57 Å². The van der Waals surface area contributed by atoms with Gasteiger partial charge in [-0.1, -0.05) is 0 Å². The second-order valence-electron chi connectivity index (χ2n) is 13.7. The van der Waals surface area contributed by atoms with Crippen LogP contribution in [-0.4, -0.2) is 82.7 Å². The smallest absolute Gasteiger partial charge is 0.336 e. The Morgan fingerprint density at radius 2 is 1.61 bits per heavy atom. The minimum Gasteiger partial charge on any atom is -0.478 e. The van der Waals surface area contributed by atoms with E-state index in [9.17, 15) is 14.7 Å². The van der Waals surface area contributed by atoms with Crippen LogP contribution < -0.4 is 35.8 Å². The third kappa shape index (κ3) is 5.79. The molecule has 0 spiro atoms. The number of carboxylic acid groups (broad SMARTS) is 1. The van der Waals surface area contributed by atoms with Gasteiger partial charge in [-0.2, -0.15) is 0 Å². The van der Waals surface area contributed by atoms with Gasteiger partial charge in [-0.15, -0.1) is 0 Å². The van der Waals surface area contributed by atoms with Crippen LogP contribution in [0.15, 0.2) is 30.3 Å². The zero-order valence-electron chi connectivity index (χ0n) is 28.1. The number of hydrogen-bond donors (Lipinski definition) is 3. The summed E-state index contributed by atoms with van der Waals surface area (Å²) in [6, 6.07) is 9.47. The number of anilines is 1. The number of hydrogen-bond acceptors (Lipinski definition) is 7. The molecule has 0 aromatic heterocycles. The number of carbonyl (C=O) groups excluding carboxylic acids is 1. The number of nitrogens with one attached hydrogen (secondary N) is 1. The number of rotatable bonds is 11. The largest absolute Gasteiger partial charge is 0.478 e. The average Bonchev–Trinajstić information content (AvgIpc) is 3.12. The Balaban J connectivity index is 1.28. The van der Waals surface area contributed by atoms with E-state index in [1.807, 2.05) is 0 Å². The van der Waals surface area contributed by atoms with Gasteiger partial charge in [0, 0.05) is 77.8 Å². The normalized spacial score (nSPS) is 17.0. The SMILES string of the molecule is NCCOCCOCCNC(=O)c1ccc(C(=O)O)c(C2=c3cc4c5c(c3Oc3c2cc2c6c3CCCN6CCC2)CCC[N+]=5CCC4)c1. The predicted octanol–water partition coefficient (Wildman–Crippen LogP) is 2.54. The molecular weight excluding hydrogens is 620 g/mol. The van der Waals surface area contributed by atoms with E-state index in [0.717, 1.165) is 105 Å². The highest BCUT2D eigenvalue weighted by atomic mass is 16.5. The molecule has 10 nitrogen and oxygen atoms in total. The number of fused-ring (bicyclic) bond motifs is 4. The van der Waals surface area contributed by atoms with Gasteiger partial charge >= 0.3 is 5.97 Å². The number of aryl methyl sites for hydroxylation is 2. The van der Waals surface area contributed by atoms with Gasteiger partial charge in [0.2, 0.25) is 5.36 Å². The first-order valence-electron chi connectivity index (χ1n) is 18.0. The van der Waals surface area contributed by atoms with Gasteiger partial charge in [-0.25, -0.2) is 9.37 Å². The van der Waals surface area contributed by atoms with E-state index in [1.165, 1.54) is 33.3 Å². The molecule has 5 heterocycles. The highest BCUT2D eigenvalue weighted by molar-refractivity contribution is 6.02. The van der Waals surface area contributed by atoms with E-state index in [2.05, 4.69) is 26.9 Å². The molecule has 10 heteroatoms. The molecule has 3 aromatic rings. The van der Waals surface area contributed by atoms with E-state index in [0.29, 0.717) is 50.6 Å². The number of ether oxygens (including phenoxy) is 3. The Labute approximate surface area is 286 Å². The number of nitrogens with two attached hydrogens (primary N) is 1. The van der Waals surface area contributed by atoms with E-state index < -0.39 is 5.97 Å². The van der Waals surface area contributed by atoms with Gasteiger partial charge in [0.1, 0.15) is 24.6 Å². The highest BCUT2D eigenvalue weighted by Crippen LogP contribution is 2.48. The molecule has 0 saturated heterocycles. The second-order valence-corrected chi connectivity index (χ2v) is 13.7.